The summed E-state index contributed by atoms with van der Waals surface area (Å²) >= 11 is 1.76. The molecule has 1 aromatic carbocycles. The Balaban J connectivity index is 2.21. The summed E-state index contributed by atoms with van der Waals surface area (Å²) in [6.07, 6.45) is 6.26. The molecule has 1 aromatic rings. The zero-order valence-corrected chi connectivity index (χ0v) is 13.0. The van der Waals surface area contributed by atoms with E-state index in [1.54, 1.807) is 11.8 Å². The lowest BCUT2D eigenvalue weighted by Crippen LogP contribution is -2.52. The van der Waals surface area contributed by atoms with Gasteiger partial charge in [-0.05, 0) is 57.1 Å². The van der Waals surface area contributed by atoms with E-state index >= 15 is 0 Å². The lowest BCUT2D eigenvalue weighted by atomic mass is 9.59. The molecule has 1 aliphatic carbocycles. The third-order valence-corrected chi connectivity index (χ3v) is 5.08. The molecule has 0 bridgehead atoms. The SMILES string of the molecule is CSc1ccc(C2(C(N)CC(C)(C)O)CCC2)cc1. The van der Waals surface area contributed by atoms with Crippen LogP contribution in [0.4, 0.5) is 0 Å². The molecule has 19 heavy (non-hydrogen) atoms. The average molecular weight is 279 g/mol. The minimum atomic E-state index is -0.693. The van der Waals surface area contributed by atoms with Gasteiger partial charge in [-0.3, -0.25) is 0 Å². The average Bonchev–Trinajstić information content (AvgIpc) is 2.26. The normalized spacial score (nSPS) is 19.8. The van der Waals surface area contributed by atoms with Gasteiger partial charge in [-0.15, -0.1) is 11.8 Å². The van der Waals surface area contributed by atoms with Gasteiger partial charge in [-0.25, -0.2) is 0 Å². The van der Waals surface area contributed by atoms with Gasteiger partial charge in [0.15, 0.2) is 0 Å². The van der Waals surface area contributed by atoms with Crippen LogP contribution < -0.4 is 5.73 Å². The van der Waals surface area contributed by atoms with Crippen molar-refractivity contribution in [1.29, 1.82) is 0 Å². The fourth-order valence-corrected chi connectivity index (χ4v) is 3.50. The third kappa shape index (κ3) is 3.15. The van der Waals surface area contributed by atoms with Crippen molar-refractivity contribution in [2.24, 2.45) is 5.73 Å². The van der Waals surface area contributed by atoms with Crippen molar-refractivity contribution < 1.29 is 5.11 Å². The summed E-state index contributed by atoms with van der Waals surface area (Å²) in [4.78, 5) is 1.29. The molecule has 3 N–H and O–H groups in total. The molecule has 0 aromatic heterocycles. The molecule has 2 rings (SSSR count). The molecule has 1 aliphatic rings. The van der Waals surface area contributed by atoms with E-state index in [4.69, 9.17) is 5.73 Å². The zero-order valence-electron chi connectivity index (χ0n) is 12.1. The number of nitrogens with two attached hydrogens (primary N) is 1. The van der Waals surface area contributed by atoms with Gasteiger partial charge in [0.05, 0.1) is 5.60 Å². The Morgan fingerprint density at radius 3 is 2.26 bits per heavy atom. The lowest BCUT2D eigenvalue weighted by molar-refractivity contribution is 0.0410. The first-order valence-corrected chi connectivity index (χ1v) is 8.22. The van der Waals surface area contributed by atoms with Crippen LogP contribution in [0.2, 0.25) is 0 Å². The molecule has 0 amide bonds. The molecule has 3 heteroatoms. The molecular weight excluding hydrogens is 254 g/mol. The van der Waals surface area contributed by atoms with Crippen LogP contribution in [0, 0.1) is 0 Å². The van der Waals surface area contributed by atoms with E-state index in [9.17, 15) is 5.11 Å². The smallest absolute Gasteiger partial charge is 0.0606 e. The standard InChI is InChI=1S/C16H25NOS/c1-15(2,18)11-14(17)16(9-4-10-16)12-5-7-13(19-3)8-6-12/h5-8,14,18H,4,9-11,17H2,1-3H3. The van der Waals surface area contributed by atoms with Crippen LogP contribution in [0.25, 0.3) is 0 Å². The summed E-state index contributed by atoms with van der Waals surface area (Å²) in [5.41, 5.74) is 7.17. The highest BCUT2D eigenvalue weighted by Gasteiger charge is 2.45. The predicted octanol–water partition coefficient (Wildman–Crippen LogP) is 3.32. The molecule has 0 aliphatic heterocycles. The highest BCUT2D eigenvalue weighted by atomic mass is 32.2. The van der Waals surface area contributed by atoms with E-state index in [2.05, 4.69) is 30.5 Å². The van der Waals surface area contributed by atoms with E-state index in [1.807, 2.05) is 13.8 Å². The third-order valence-electron chi connectivity index (χ3n) is 4.34. The maximum atomic E-state index is 10.0. The van der Waals surface area contributed by atoms with Crippen LogP contribution in [0.15, 0.2) is 29.2 Å². The Hall–Kier alpha value is -0.510. The highest BCUT2D eigenvalue weighted by Crippen LogP contribution is 2.47. The zero-order chi connectivity index (χ0) is 14.1. The molecular formula is C16H25NOS. The van der Waals surface area contributed by atoms with Gasteiger partial charge >= 0.3 is 0 Å². The summed E-state index contributed by atoms with van der Waals surface area (Å²) in [6.45, 7) is 3.69. The summed E-state index contributed by atoms with van der Waals surface area (Å²) in [6, 6.07) is 8.82. The summed E-state index contributed by atoms with van der Waals surface area (Å²) in [7, 11) is 0. The van der Waals surface area contributed by atoms with Crippen molar-refractivity contribution in [2.45, 2.75) is 61.5 Å². The Labute approximate surface area is 120 Å². The first kappa shape index (κ1) is 14.9. The van der Waals surface area contributed by atoms with Crippen LogP contribution in [-0.2, 0) is 5.41 Å². The minimum absolute atomic E-state index is 0.0291. The van der Waals surface area contributed by atoms with Gasteiger partial charge in [0, 0.05) is 16.4 Å². The van der Waals surface area contributed by atoms with Crippen LogP contribution in [0.5, 0.6) is 0 Å². The van der Waals surface area contributed by atoms with Gasteiger partial charge < -0.3 is 10.8 Å². The van der Waals surface area contributed by atoms with Gasteiger partial charge in [0.25, 0.3) is 0 Å². The molecule has 0 radical (unpaired) electrons. The molecule has 1 fully saturated rings. The second-order valence-corrected chi connectivity index (χ2v) is 7.24. The Bertz CT molecular complexity index is 417. The van der Waals surface area contributed by atoms with Gasteiger partial charge in [0.1, 0.15) is 0 Å². The van der Waals surface area contributed by atoms with Crippen molar-refractivity contribution in [2.75, 3.05) is 6.26 Å². The molecule has 0 saturated heterocycles. The molecule has 106 valence electrons. The van der Waals surface area contributed by atoms with E-state index in [-0.39, 0.29) is 11.5 Å². The first-order valence-electron chi connectivity index (χ1n) is 7.00. The van der Waals surface area contributed by atoms with Crippen molar-refractivity contribution in [3.05, 3.63) is 29.8 Å². The Morgan fingerprint density at radius 1 is 1.32 bits per heavy atom. The topological polar surface area (TPSA) is 46.2 Å². The van der Waals surface area contributed by atoms with Crippen molar-refractivity contribution in [3.8, 4) is 0 Å². The van der Waals surface area contributed by atoms with Crippen molar-refractivity contribution in [3.63, 3.8) is 0 Å². The first-order chi connectivity index (χ1) is 8.87. The maximum Gasteiger partial charge on any atom is 0.0606 e. The van der Waals surface area contributed by atoms with E-state index in [1.165, 1.54) is 16.9 Å². The fourth-order valence-electron chi connectivity index (χ4n) is 3.09. The molecule has 1 atom stereocenters. The monoisotopic (exact) mass is 279 g/mol. The number of rotatable bonds is 5. The van der Waals surface area contributed by atoms with Gasteiger partial charge in [-0.2, -0.15) is 0 Å². The summed E-state index contributed by atoms with van der Waals surface area (Å²) in [5.74, 6) is 0. The second-order valence-electron chi connectivity index (χ2n) is 6.36. The number of hydrogen-bond donors (Lipinski definition) is 2. The molecule has 0 spiro atoms. The van der Waals surface area contributed by atoms with Crippen LogP contribution in [0.1, 0.15) is 45.1 Å². The molecule has 0 heterocycles. The fraction of sp³-hybridized carbons (Fsp3) is 0.625. The largest absolute Gasteiger partial charge is 0.390 e. The Morgan fingerprint density at radius 2 is 1.89 bits per heavy atom. The molecule has 1 saturated carbocycles. The summed E-state index contributed by atoms with van der Waals surface area (Å²) < 4.78 is 0. The predicted molar refractivity (Wildman–Crippen MR) is 82.6 cm³/mol. The van der Waals surface area contributed by atoms with Crippen LogP contribution in [-0.4, -0.2) is 23.0 Å². The molecule has 1 unspecified atom stereocenters. The van der Waals surface area contributed by atoms with Gasteiger partial charge in [-0.1, -0.05) is 18.6 Å². The Kier molecular flexibility index (Phi) is 4.29. The second kappa shape index (κ2) is 5.47. The van der Waals surface area contributed by atoms with Crippen molar-refractivity contribution in [1.82, 2.24) is 0 Å². The lowest BCUT2D eigenvalue weighted by Gasteiger charge is -2.48. The maximum absolute atomic E-state index is 10.0. The van der Waals surface area contributed by atoms with Crippen LogP contribution >= 0.6 is 11.8 Å². The highest BCUT2D eigenvalue weighted by molar-refractivity contribution is 7.98. The number of hydrogen-bond acceptors (Lipinski definition) is 3. The van der Waals surface area contributed by atoms with Crippen LogP contribution in [0.3, 0.4) is 0 Å². The quantitative estimate of drug-likeness (QED) is 0.813. The summed E-state index contributed by atoms with van der Waals surface area (Å²) in [5, 5.41) is 10.0. The minimum Gasteiger partial charge on any atom is -0.390 e. The number of aliphatic hydroxyl groups is 1. The van der Waals surface area contributed by atoms with E-state index in [0.29, 0.717) is 6.42 Å². The van der Waals surface area contributed by atoms with E-state index in [0.717, 1.165) is 12.8 Å². The van der Waals surface area contributed by atoms with Gasteiger partial charge in [0.2, 0.25) is 0 Å². The van der Waals surface area contributed by atoms with Crippen molar-refractivity contribution >= 4 is 11.8 Å². The number of benzene rings is 1. The molecule has 2 nitrogen and oxygen atoms in total. The number of thioether (sulfide) groups is 1. The van der Waals surface area contributed by atoms with E-state index < -0.39 is 5.60 Å².